The van der Waals surface area contributed by atoms with Gasteiger partial charge >= 0.3 is 0 Å². The zero-order valence-corrected chi connectivity index (χ0v) is 15.6. The van der Waals surface area contributed by atoms with Crippen molar-refractivity contribution in [2.24, 2.45) is 0 Å². The molecule has 0 aliphatic heterocycles. The van der Waals surface area contributed by atoms with Gasteiger partial charge in [0.25, 0.3) is 0 Å². The third kappa shape index (κ3) is 3.68. The summed E-state index contributed by atoms with van der Waals surface area (Å²) in [6.07, 6.45) is 8.39. The van der Waals surface area contributed by atoms with Gasteiger partial charge < -0.3 is 14.5 Å². The van der Waals surface area contributed by atoms with Crippen molar-refractivity contribution in [3.63, 3.8) is 0 Å². The standard InChI is InChI=1S/C21H19N5O2/c1-14-17(7-10-28-14)20-18(19-13-22-8-9-23-19)12-25-21(26-20)24-11-15-3-5-16(27-2)6-4-15/h3-10,12-13H,11H2,1-2H3,(H,24,25,26). The molecule has 0 saturated heterocycles. The number of furan rings is 1. The molecule has 0 aliphatic rings. The molecule has 28 heavy (non-hydrogen) atoms. The lowest BCUT2D eigenvalue weighted by Gasteiger charge is -2.11. The van der Waals surface area contributed by atoms with E-state index in [2.05, 4.69) is 20.3 Å². The lowest BCUT2D eigenvalue weighted by Crippen LogP contribution is -2.05. The molecule has 0 spiro atoms. The molecule has 0 amide bonds. The molecule has 0 fully saturated rings. The average Bonchev–Trinajstić information content (AvgIpc) is 3.19. The Labute approximate surface area is 162 Å². The minimum atomic E-state index is 0.527. The number of aromatic nitrogens is 4. The van der Waals surface area contributed by atoms with Crippen LogP contribution in [0.15, 0.2) is 65.8 Å². The number of nitrogens with zero attached hydrogens (tertiary/aromatic N) is 4. The Balaban J connectivity index is 1.65. The summed E-state index contributed by atoms with van der Waals surface area (Å²) >= 11 is 0. The summed E-state index contributed by atoms with van der Waals surface area (Å²) in [7, 11) is 1.65. The smallest absolute Gasteiger partial charge is 0.223 e. The lowest BCUT2D eigenvalue weighted by molar-refractivity contribution is 0.414. The molecule has 140 valence electrons. The van der Waals surface area contributed by atoms with Crippen LogP contribution < -0.4 is 10.1 Å². The van der Waals surface area contributed by atoms with Gasteiger partial charge in [0.15, 0.2) is 0 Å². The SMILES string of the molecule is COc1ccc(CNc2ncc(-c3cnccn3)c(-c3ccoc3C)n2)cc1. The number of benzene rings is 1. The van der Waals surface area contributed by atoms with Crippen LogP contribution in [0.4, 0.5) is 5.95 Å². The maximum absolute atomic E-state index is 5.47. The highest BCUT2D eigenvalue weighted by molar-refractivity contribution is 5.79. The lowest BCUT2D eigenvalue weighted by atomic mass is 10.1. The first kappa shape index (κ1) is 17.7. The molecule has 7 nitrogen and oxygen atoms in total. The molecular formula is C21H19N5O2. The maximum atomic E-state index is 5.47. The second-order valence-corrected chi connectivity index (χ2v) is 6.14. The summed E-state index contributed by atoms with van der Waals surface area (Å²) < 4.78 is 10.7. The van der Waals surface area contributed by atoms with E-state index < -0.39 is 0 Å². The predicted octanol–water partition coefficient (Wildman–Crippen LogP) is 4.12. The zero-order chi connectivity index (χ0) is 19.3. The highest BCUT2D eigenvalue weighted by atomic mass is 16.5. The van der Waals surface area contributed by atoms with Crippen molar-refractivity contribution in [3.8, 4) is 28.3 Å². The van der Waals surface area contributed by atoms with Crippen molar-refractivity contribution in [2.45, 2.75) is 13.5 Å². The quantitative estimate of drug-likeness (QED) is 0.544. The number of nitrogens with one attached hydrogen (secondary N) is 1. The van der Waals surface area contributed by atoms with E-state index in [1.807, 2.05) is 37.3 Å². The van der Waals surface area contributed by atoms with Crippen LogP contribution in [0.5, 0.6) is 5.75 Å². The van der Waals surface area contributed by atoms with E-state index >= 15 is 0 Å². The summed E-state index contributed by atoms with van der Waals surface area (Å²) in [5.41, 5.74) is 4.25. The average molecular weight is 373 g/mol. The number of aryl methyl sites for hydroxylation is 1. The van der Waals surface area contributed by atoms with Crippen molar-refractivity contribution in [1.82, 2.24) is 19.9 Å². The molecule has 0 unspecified atom stereocenters. The third-order valence-corrected chi connectivity index (χ3v) is 4.35. The summed E-state index contributed by atoms with van der Waals surface area (Å²) in [6, 6.07) is 9.75. The number of rotatable bonds is 6. The Hall–Kier alpha value is -3.74. The van der Waals surface area contributed by atoms with Crippen molar-refractivity contribution in [1.29, 1.82) is 0 Å². The topological polar surface area (TPSA) is 86.0 Å². The van der Waals surface area contributed by atoms with Crippen LogP contribution in [0.3, 0.4) is 0 Å². The van der Waals surface area contributed by atoms with E-state index in [-0.39, 0.29) is 0 Å². The third-order valence-electron chi connectivity index (χ3n) is 4.35. The Morgan fingerprint density at radius 3 is 2.54 bits per heavy atom. The van der Waals surface area contributed by atoms with Crippen LogP contribution in [-0.4, -0.2) is 27.0 Å². The molecule has 1 N–H and O–H groups in total. The van der Waals surface area contributed by atoms with Gasteiger partial charge in [0, 0.05) is 36.3 Å². The van der Waals surface area contributed by atoms with E-state index in [1.165, 1.54) is 0 Å². The highest BCUT2D eigenvalue weighted by Gasteiger charge is 2.16. The minimum Gasteiger partial charge on any atom is -0.497 e. The molecule has 4 aromatic rings. The molecule has 7 heteroatoms. The van der Waals surface area contributed by atoms with Gasteiger partial charge in [-0.15, -0.1) is 0 Å². The fourth-order valence-electron chi connectivity index (χ4n) is 2.85. The van der Waals surface area contributed by atoms with Gasteiger partial charge in [0.1, 0.15) is 11.5 Å². The Morgan fingerprint density at radius 1 is 1.00 bits per heavy atom. The molecular weight excluding hydrogens is 354 g/mol. The fraction of sp³-hybridized carbons (Fsp3) is 0.143. The van der Waals surface area contributed by atoms with Crippen LogP contribution in [-0.2, 0) is 6.54 Å². The molecule has 1 aromatic carbocycles. The van der Waals surface area contributed by atoms with Gasteiger partial charge in [-0.3, -0.25) is 9.97 Å². The van der Waals surface area contributed by atoms with Crippen LogP contribution in [0.1, 0.15) is 11.3 Å². The summed E-state index contributed by atoms with van der Waals surface area (Å²) in [5, 5.41) is 3.27. The Morgan fingerprint density at radius 2 is 1.86 bits per heavy atom. The van der Waals surface area contributed by atoms with E-state index in [9.17, 15) is 0 Å². The fourth-order valence-corrected chi connectivity index (χ4v) is 2.85. The highest BCUT2D eigenvalue weighted by Crippen LogP contribution is 2.32. The molecule has 3 aromatic heterocycles. The maximum Gasteiger partial charge on any atom is 0.223 e. The monoisotopic (exact) mass is 373 g/mol. The zero-order valence-electron chi connectivity index (χ0n) is 15.6. The first-order valence-corrected chi connectivity index (χ1v) is 8.79. The number of anilines is 1. The molecule has 0 aliphatic carbocycles. The number of hydrogen-bond acceptors (Lipinski definition) is 7. The molecule has 3 heterocycles. The van der Waals surface area contributed by atoms with E-state index in [0.717, 1.165) is 33.9 Å². The first-order chi connectivity index (χ1) is 13.7. The minimum absolute atomic E-state index is 0.527. The summed E-state index contributed by atoms with van der Waals surface area (Å²) in [6.45, 7) is 2.50. The van der Waals surface area contributed by atoms with Crippen LogP contribution in [0, 0.1) is 6.92 Å². The number of methoxy groups -OCH3 is 1. The molecule has 0 bridgehead atoms. The second kappa shape index (κ2) is 7.87. The van der Waals surface area contributed by atoms with Crippen LogP contribution >= 0.6 is 0 Å². The predicted molar refractivity (Wildman–Crippen MR) is 106 cm³/mol. The van der Waals surface area contributed by atoms with E-state index in [1.54, 1.807) is 38.2 Å². The van der Waals surface area contributed by atoms with Crippen LogP contribution in [0.25, 0.3) is 22.5 Å². The summed E-state index contributed by atoms with van der Waals surface area (Å²) in [4.78, 5) is 17.7. The Bertz CT molecular complexity index is 1060. The van der Waals surface area contributed by atoms with Gasteiger partial charge in [-0.2, -0.15) is 0 Å². The van der Waals surface area contributed by atoms with Crippen molar-refractivity contribution < 1.29 is 9.15 Å². The van der Waals surface area contributed by atoms with Gasteiger partial charge in [0.05, 0.1) is 31.0 Å². The van der Waals surface area contributed by atoms with Crippen molar-refractivity contribution in [2.75, 3.05) is 12.4 Å². The van der Waals surface area contributed by atoms with Gasteiger partial charge in [-0.1, -0.05) is 12.1 Å². The largest absolute Gasteiger partial charge is 0.497 e. The molecule has 0 radical (unpaired) electrons. The molecule has 4 rings (SSSR count). The summed E-state index contributed by atoms with van der Waals surface area (Å²) in [5.74, 6) is 2.13. The Kier molecular flexibility index (Phi) is 4.97. The van der Waals surface area contributed by atoms with E-state index in [4.69, 9.17) is 14.1 Å². The molecule has 0 atom stereocenters. The normalized spacial score (nSPS) is 10.6. The number of ether oxygens (including phenoxy) is 1. The number of hydrogen-bond donors (Lipinski definition) is 1. The van der Waals surface area contributed by atoms with Crippen molar-refractivity contribution >= 4 is 5.95 Å². The van der Waals surface area contributed by atoms with Crippen LogP contribution in [0.2, 0.25) is 0 Å². The van der Waals surface area contributed by atoms with Gasteiger partial charge in [-0.25, -0.2) is 9.97 Å². The van der Waals surface area contributed by atoms with E-state index in [0.29, 0.717) is 18.2 Å². The molecule has 0 saturated carbocycles. The van der Waals surface area contributed by atoms with Gasteiger partial charge in [0.2, 0.25) is 5.95 Å². The van der Waals surface area contributed by atoms with Crippen molar-refractivity contribution in [3.05, 3.63) is 72.7 Å². The van der Waals surface area contributed by atoms with Gasteiger partial charge in [-0.05, 0) is 30.7 Å². The first-order valence-electron chi connectivity index (χ1n) is 8.79. The second-order valence-electron chi connectivity index (χ2n) is 6.14.